The van der Waals surface area contributed by atoms with Gasteiger partial charge in [0.25, 0.3) is 0 Å². The van der Waals surface area contributed by atoms with E-state index in [1.54, 1.807) is 0 Å². The molecule has 0 aliphatic heterocycles. The van der Waals surface area contributed by atoms with Gasteiger partial charge in [0.15, 0.2) is 0 Å². The van der Waals surface area contributed by atoms with Crippen LogP contribution in [0, 0.1) is 11.3 Å². The molecule has 0 radical (unpaired) electrons. The van der Waals surface area contributed by atoms with Gasteiger partial charge in [-0.1, -0.05) is 78.6 Å². The molecular formula is C22H44O4S. The summed E-state index contributed by atoms with van der Waals surface area (Å²) in [6, 6.07) is 0. The summed E-state index contributed by atoms with van der Waals surface area (Å²) in [5.74, 6) is 1.49. The second-order valence-electron chi connectivity index (χ2n) is 7.94. The van der Waals surface area contributed by atoms with Crippen molar-refractivity contribution >= 4 is 17.7 Å². The largest absolute Gasteiger partial charge is 0.465 e. The van der Waals surface area contributed by atoms with Gasteiger partial charge in [-0.05, 0) is 18.6 Å². The molecule has 0 bridgehead atoms. The molecule has 4 nitrogen and oxygen atoms in total. The Morgan fingerprint density at radius 3 is 1.93 bits per heavy atom. The Morgan fingerprint density at radius 1 is 0.926 bits per heavy atom. The fourth-order valence-electron chi connectivity index (χ4n) is 2.85. The first kappa shape index (κ1) is 26.7. The first-order valence-electron chi connectivity index (χ1n) is 11.0. The van der Waals surface area contributed by atoms with Gasteiger partial charge >= 0.3 is 5.97 Å². The van der Waals surface area contributed by atoms with E-state index in [1.165, 1.54) is 64.2 Å². The van der Waals surface area contributed by atoms with Gasteiger partial charge in [0.2, 0.25) is 0 Å². The molecule has 0 aromatic carbocycles. The van der Waals surface area contributed by atoms with Gasteiger partial charge in [0.1, 0.15) is 6.61 Å². The summed E-state index contributed by atoms with van der Waals surface area (Å²) in [4.78, 5) is 12.1. The van der Waals surface area contributed by atoms with Crippen molar-refractivity contribution in [2.24, 2.45) is 11.3 Å². The molecule has 0 aliphatic carbocycles. The highest BCUT2D eigenvalue weighted by Crippen LogP contribution is 2.22. The first-order valence-corrected chi connectivity index (χ1v) is 12.2. The van der Waals surface area contributed by atoms with Crippen LogP contribution in [0.25, 0.3) is 0 Å². The number of rotatable bonds is 19. The van der Waals surface area contributed by atoms with E-state index in [0.717, 1.165) is 11.5 Å². The maximum absolute atomic E-state index is 12.1. The highest BCUT2D eigenvalue weighted by molar-refractivity contribution is 7.99. The van der Waals surface area contributed by atoms with Crippen LogP contribution in [0.3, 0.4) is 0 Å². The summed E-state index contributed by atoms with van der Waals surface area (Å²) in [6.07, 6.45) is 14.0. The van der Waals surface area contributed by atoms with Crippen molar-refractivity contribution in [2.75, 3.05) is 31.3 Å². The molecule has 0 rings (SSSR count). The lowest BCUT2D eigenvalue weighted by Gasteiger charge is -2.28. The lowest BCUT2D eigenvalue weighted by molar-refractivity contribution is -0.153. The van der Waals surface area contributed by atoms with Gasteiger partial charge in [0.05, 0.1) is 24.5 Å². The van der Waals surface area contributed by atoms with Gasteiger partial charge in [-0.2, -0.15) is 11.8 Å². The highest BCUT2D eigenvalue weighted by Gasteiger charge is 2.29. The molecule has 162 valence electrons. The molecule has 0 saturated carbocycles. The van der Waals surface area contributed by atoms with Crippen molar-refractivity contribution < 1.29 is 19.7 Å². The number of hydrogen-bond donors (Lipinski definition) is 2. The number of aliphatic hydroxyl groups is 2. The molecule has 0 fully saturated rings. The van der Waals surface area contributed by atoms with E-state index >= 15 is 0 Å². The zero-order chi connectivity index (χ0) is 20.4. The molecule has 0 saturated heterocycles. The van der Waals surface area contributed by atoms with Crippen molar-refractivity contribution in [3.05, 3.63) is 0 Å². The SMILES string of the molecule is CCCCCCCCCCCCSCC(C)C(=O)OCC(CC)(CO)CO. The second kappa shape index (κ2) is 17.8. The molecule has 1 unspecified atom stereocenters. The Kier molecular flexibility index (Phi) is 17.6. The van der Waals surface area contributed by atoms with Crippen molar-refractivity contribution in [1.29, 1.82) is 0 Å². The Bertz CT molecular complexity index is 337. The van der Waals surface area contributed by atoms with Crippen molar-refractivity contribution in [2.45, 2.75) is 91.4 Å². The van der Waals surface area contributed by atoms with Crippen molar-refractivity contribution in [3.8, 4) is 0 Å². The van der Waals surface area contributed by atoms with Gasteiger partial charge in [-0.15, -0.1) is 0 Å². The summed E-state index contributed by atoms with van der Waals surface area (Å²) >= 11 is 1.82. The average Bonchev–Trinajstić information content (AvgIpc) is 2.69. The van der Waals surface area contributed by atoms with Crippen LogP contribution in [0.1, 0.15) is 91.4 Å². The standard InChI is InChI=1S/C22H44O4S/c1-4-6-7-8-9-10-11-12-13-14-15-27-16-20(3)21(25)26-19-22(5-2,17-23)18-24/h20,23-24H,4-19H2,1-3H3. The molecule has 0 spiro atoms. The van der Waals surface area contributed by atoms with Crippen LogP contribution in [-0.2, 0) is 9.53 Å². The summed E-state index contributed by atoms with van der Waals surface area (Å²) in [7, 11) is 0. The minimum atomic E-state index is -0.710. The molecule has 5 heteroatoms. The predicted molar refractivity (Wildman–Crippen MR) is 116 cm³/mol. The van der Waals surface area contributed by atoms with Crippen LogP contribution in [0.15, 0.2) is 0 Å². The average molecular weight is 405 g/mol. The molecular weight excluding hydrogens is 360 g/mol. The van der Waals surface area contributed by atoms with Crippen molar-refractivity contribution in [1.82, 2.24) is 0 Å². The van der Waals surface area contributed by atoms with Gasteiger partial charge in [-0.25, -0.2) is 0 Å². The van der Waals surface area contributed by atoms with E-state index in [2.05, 4.69) is 6.92 Å². The van der Waals surface area contributed by atoms with Crippen molar-refractivity contribution in [3.63, 3.8) is 0 Å². The zero-order valence-electron chi connectivity index (χ0n) is 18.0. The number of carbonyl (C=O) groups excluding carboxylic acids is 1. The predicted octanol–water partition coefficient (Wildman–Crippen LogP) is 5.20. The number of unbranched alkanes of at least 4 members (excludes halogenated alkanes) is 9. The molecule has 0 aromatic rings. The van der Waals surface area contributed by atoms with E-state index in [9.17, 15) is 15.0 Å². The third-order valence-corrected chi connectivity index (χ3v) is 6.67. The lowest BCUT2D eigenvalue weighted by Crippen LogP contribution is -2.36. The number of hydrogen-bond acceptors (Lipinski definition) is 5. The van der Waals surface area contributed by atoms with E-state index < -0.39 is 5.41 Å². The Hall–Kier alpha value is -0.260. The van der Waals surface area contributed by atoms with E-state index in [-0.39, 0.29) is 31.7 Å². The van der Waals surface area contributed by atoms with Gasteiger partial charge < -0.3 is 14.9 Å². The van der Waals surface area contributed by atoms with Crippen LogP contribution < -0.4 is 0 Å². The Balaban J connectivity index is 3.60. The number of ether oxygens (including phenoxy) is 1. The molecule has 0 aliphatic rings. The lowest BCUT2D eigenvalue weighted by atomic mass is 9.88. The number of carbonyl (C=O) groups is 1. The summed E-state index contributed by atoms with van der Waals surface area (Å²) < 4.78 is 5.33. The third kappa shape index (κ3) is 13.5. The quantitative estimate of drug-likeness (QED) is 0.229. The molecule has 2 N–H and O–H groups in total. The Morgan fingerprint density at radius 2 is 1.44 bits per heavy atom. The maximum Gasteiger partial charge on any atom is 0.309 e. The second-order valence-corrected chi connectivity index (χ2v) is 9.09. The Labute approximate surface area is 171 Å². The highest BCUT2D eigenvalue weighted by atomic mass is 32.2. The number of aliphatic hydroxyl groups excluding tert-OH is 2. The molecule has 0 heterocycles. The van der Waals surface area contributed by atoms with E-state index in [4.69, 9.17) is 4.74 Å². The van der Waals surface area contributed by atoms with Crippen LogP contribution in [0.4, 0.5) is 0 Å². The molecule has 1 atom stereocenters. The molecule has 0 aromatic heterocycles. The summed E-state index contributed by atoms with van der Waals surface area (Å²) in [5, 5.41) is 18.8. The number of esters is 1. The monoisotopic (exact) mass is 404 g/mol. The zero-order valence-corrected chi connectivity index (χ0v) is 18.8. The van der Waals surface area contributed by atoms with Gasteiger partial charge in [-0.3, -0.25) is 4.79 Å². The summed E-state index contributed by atoms with van der Waals surface area (Å²) in [6.45, 7) is 5.77. The van der Waals surface area contributed by atoms with E-state index in [0.29, 0.717) is 6.42 Å². The topological polar surface area (TPSA) is 66.8 Å². The smallest absolute Gasteiger partial charge is 0.309 e. The van der Waals surface area contributed by atoms with Gasteiger partial charge in [0, 0.05) is 5.75 Å². The molecule has 27 heavy (non-hydrogen) atoms. The molecule has 0 amide bonds. The van der Waals surface area contributed by atoms with E-state index in [1.807, 2.05) is 25.6 Å². The fraction of sp³-hybridized carbons (Fsp3) is 0.955. The van der Waals surface area contributed by atoms with Crippen LogP contribution >= 0.6 is 11.8 Å². The third-order valence-electron chi connectivity index (χ3n) is 5.35. The minimum absolute atomic E-state index is 0.0861. The maximum atomic E-state index is 12.1. The first-order chi connectivity index (χ1) is 13.0. The van der Waals surface area contributed by atoms with Crippen LogP contribution in [-0.4, -0.2) is 47.5 Å². The van der Waals surface area contributed by atoms with Crippen LogP contribution in [0.2, 0.25) is 0 Å². The fourth-order valence-corrected chi connectivity index (χ4v) is 3.92. The number of thioether (sulfide) groups is 1. The van der Waals surface area contributed by atoms with Crippen LogP contribution in [0.5, 0.6) is 0 Å². The normalized spacial score (nSPS) is 12.9. The summed E-state index contributed by atoms with van der Waals surface area (Å²) in [5.41, 5.74) is -0.710. The minimum Gasteiger partial charge on any atom is -0.465 e.